The number of carbonyl (C=O) groups is 1. The average molecular weight is 255 g/mol. The van der Waals surface area contributed by atoms with Gasteiger partial charge in [0.05, 0.1) is 6.04 Å². The largest absolute Gasteiger partial charge is 0.352 e. The first kappa shape index (κ1) is 15.4. The Labute approximate surface area is 111 Å². The lowest BCUT2D eigenvalue weighted by atomic mass is 10.0. The predicted octanol–water partition coefficient (Wildman–Crippen LogP) is 1.35. The van der Waals surface area contributed by atoms with Gasteiger partial charge in [-0.3, -0.25) is 4.79 Å². The second kappa shape index (κ2) is 7.74. The van der Waals surface area contributed by atoms with E-state index >= 15 is 0 Å². The van der Waals surface area contributed by atoms with Crippen molar-refractivity contribution in [2.75, 3.05) is 19.6 Å². The third-order valence-corrected chi connectivity index (χ3v) is 3.78. The van der Waals surface area contributed by atoms with Crippen molar-refractivity contribution in [1.82, 2.24) is 10.2 Å². The first-order valence-electron chi connectivity index (χ1n) is 7.33. The number of nitrogens with one attached hydrogen (secondary N) is 1. The van der Waals surface area contributed by atoms with Crippen LogP contribution in [0.1, 0.15) is 46.5 Å². The third kappa shape index (κ3) is 4.94. The van der Waals surface area contributed by atoms with Crippen LogP contribution in [0.3, 0.4) is 0 Å². The Balaban J connectivity index is 2.25. The maximum absolute atomic E-state index is 11.9. The highest BCUT2D eigenvalue weighted by Crippen LogP contribution is 2.11. The molecule has 0 unspecified atom stereocenters. The molecule has 0 aromatic heterocycles. The molecule has 1 atom stereocenters. The lowest BCUT2D eigenvalue weighted by Crippen LogP contribution is -2.51. The second-order valence-corrected chi connectivity index (χ2v) is 5.75. The van der Waals surface area contributed by atoms with E-state index < -0.39 is 0 Å². The van der Waals surface area contributed by atoms with Gasteiger partial charge < -0.3 is 16.0 Å². The summed E-state index contributed by atoms with van der Waals surface area (Å²) in [6.07, 6.45) is 4.63. The summed E-state index contributed by atoms with van der Waals surface area (Å²) in [5.41, 5.74) is 5.85. The normalized spacial score (nSPS) is 20.1. The molecule has 0 radical (unpaired) electrons. The SMILES string of the molecule is CCCCN1CCC(NC(=O)[C@H](N)C(C)C)CC1. The molecule has 1 heterocycles. The minimum atomic E-state index is -0.372. The number of nitrogens with zero attached hydrogens (tertiary/aromatic N) is 1. The fourth-order valence-electron chi connectivity index (χ4n) is 2.28. The molecule has 0 bridgehead atoms. The fourth-order valence-corrected chi connectivity index (χ4v) is 2.28. The zero-order valence-corrected chi connectivity index (χ0v) is 12.1. The summed E-state index contributed by atoms with van der Waals surface area (Å²) >= 11 is 0. The van der Waals surface area contributed by atoms with Crippen molar-refractivity contribution in [3.63, 3.8) is 0 Å². The van der Waals surface area contributed by atoms with Crippen LogP contribution in [0.25, 0.3) is 0 Å². The number of unbranched alkanes of at least 4 members (excludes halogenated alkanes) is 1. The number of hydrogen-bond donors (Lipinski definition) is 2. The topological polar surface area (TPSA) is 58.4 Å². The maximum Gasteiger partial charge on any atom is 0.237 e. The van der Waals surface area contributed by atoms with Gasteiger partial charge in [0.25, 0.3) is 0 Å². The molecule has 1 saturated heterocycles. The first-order valence-corrected chi connectivity index (χ1v) is 7.33. The van der Waals surface area contributed by atoms with Gasteiger partial charge in [-0.15, -0.1) is 0 Å². The van der Waals surface area contributed by atoms with Crippen molar-refractivity contribution in [3.05, 3.63) is 0 Å². The minimum Gasteiger partial charge on any atom is -0.352 e. The van der Waals surface area contributed by atoms with Gasteiger partial charge in [0.15, 0.2) is 0 Å². The van der Waals surface area contributed by atoms with Crippen molar-refractivity contribution >= 4 is 5.91 Å². The lowest BCUT2D eigenvalue weighted by molar-refractivity contribution is -0.124. The van der Waals surface area contributed by atoms with E-state index in [4.69, 9.17) is 5.73 Å². The molecule has 1 rings (SSSR count). The molecule has 3 N–H and O–H groups in total. The quantitative estimate of drug-likeness (QED) is 0.753. The molecule has 0 spiro atoms. The van der Waals surface area contributed by atoms with E-state index in [1.54, 1.807) is 0 Å². The highest BCUT2D eigenvalue weighted by molar-refractivity contribution is 5.82. The monoisotopic (exact) mass is 255 g/mol. The number of likely N-dealkylation sites (tertiary alicyclic amines) is 1. The Hall–Kier alpha value is -0.610. The van der Waals surface area contributed by atoms with Gasteiger partial charge in [0, 0.05) is 19.1 Å². The molecular weight excluding hydrogens is 226 g/mol. The number of carbonyl (C=O) groups excluding carboxylic acids is 1. The number of amides is 1. The summed E-state index contributed by atoms with van der Waals surface area (Å²) < 4.78 is 0. The Morgan fingerprint density at radius 3 is 2.50 bits per heavy atom. The lowest BCUT2D eigenvalue weighted by Gasteiger charge is -2.33. The van der Waals surface area contributed by atoms with E-state index in [-0.39, 0.29) is 17.9 Å². The number of nitrogens with two attached hydrogens (primary N) is 1. The van der Waals surface area contributed by atoms with Crippen LogP contribution in [0.4, 0.5) is 0 Å². The Morgan fingerprint density at radius 2 is 2.00 bits per heavy atom. The molecule has 4 heteroatoms. The highest BCUT2D eigenvalue weighted by Gasteiger charge is 2.23. The van der Waals surface area contributed by atoms with Crippen LogP contribution in [0.2, 0.25) is 0 Å². The summed E-state index contributed by atoms with van der Waals surface area (Å²) in [6.45, 7) is 9.59. The molecule has 0 aromatic rings. The van der Waals surface area contributed by atoms with E-state index in [2.05, 4.69) is 17.1 Å². The molecule has 1 fully saturated rings. The number of hydrogen-bond acceptors (Lipinski definition) is 3. The van der Waals surface area contributed by atoms with E-state index in [1.165, 1.54) is 19.4 Å². The summed E-state index contributed by atoms with van der Waals surface area (Å²) in [5, 5.41) is 3.09. The second-order valence-electron chi connectivity index (χ2n) is 5.75. The van der Waals surface area contributed by atoms with Crippen molar-refractivity contribution in [2.45, 2.75) is 58.5 Å². The fraction of sp³-hybridized carbons (Fsp3) is 0.929. The van der Waals surface area contributed by atoms with Crippen LogP contribution >= 0.6 is 0 Å². The first-order chi connectivity index (χ1) is 8.54. The molecule has 1 aliphatic heterocycles. The van der Waals surface area contributed by atoms with E-state index in [1.807, 2.05) is 13.8 Å². The standard InChI is InChI=1S/C14H29N3O/c1-4-5-8-17-9-6-12(7-10-17)16-14(18)13(15)11(2)3/h11-13H,4-10,15H2,1-3H3,(H,16,18)/t13-/m1/s1. The summed E-state index contributed by atoms with van der Waals surface area (Å²) in [5.74, 6) is 0.214. The van der Waals surface area contributed by atoms with E-state index in [0.29, 0.717) is 6.04 Å². The van der Waals surface area contributed by atoms with Gasteiger partial charge in [-0.05, 0) is 31.7 Å². The van der Waals surface area contributed by atoms with Crippen molar-refractivity contribution in [3.8, 4) is 0 Å². The summed E-state index contributed by atoms with van der Waals surface area (Å²) in [7, 11) is 0. The Bertz CT molecular complexity index is 247. The summed E-state index contributed by atoms with van der Waals surface area (Å²) in [4.78, 5) is 14.4. The molecule has 1 aliphatic rings. The molecule has 4 nitrogen and oxygen atoms in total. The van der Waals surface area contributed by atoms with Crippen molar-refractivity contribution < 1.29 is 4.79 Å². The van der Waals surface area contributed by atoms with E-state index in [9.17, 15) is 4.79 Å². The van der Waals surface area contributed by atoms with Crippen LogP contribution in [0.5, 0.6) is 0 Å². The smallest absolute Gasteiger partial charge is 0.237 e. The van der Waals surface area contributed by atoms with Crippen molar-refractivity contribution in [2.24, 2.45) is 11.7 Å². The zero-order chi connectivity index (χ0) is 13.5. The zero-order valence-electron chi connectivity index (χ0n) is 12.1. The van der Waals surface area contributed by atoms with Crippen molar-refractivity contribution in [1.29, 1.82) is 0 Å². The molecule has 0 aliphatic carbocycles. The molecule has 1 amide bonds. The Morgan fingerprint density at radius 1 is 1.39 bits per heavy atom. The van der Waals surface area contributed by atoms with Gasteiger partial charge in [-0.25, -0.2) is 0 Å². The highest BCUT2D eigenvalue weighted by atomic mass is 16.2. The molecule has 0 saturated carbocycles. The van der Waals surface area contributed by atoms with Crippen LogP contribution < -0.4 is 11.1 Å². The van der Waals surface area contributed by atoms with Gasteiger partial charge in [-0.2, -0.15) is 0 Å². The molecule has 18 heavy (non-hydrogen) atoms. The van der Waals surface area contributed by atoms with Crippen LogP contribution in [0.15, 0.2) is 0 Å². The molecular formula is C14H29N3O. The Kier molecular flexibility index (Phi) is 6.65. The molecule has 106 valence electrons. The van der Waals surface area contributed by atoms with Crippen LogP contribution in [0, 0.1) is 5.92 Å². The molecule has 0 aromatic carbocycles. The predicted molar refractivity (Wildman–Crippen MR) is 75.3 cm³/mol. The van der Waals surface area contributed by atoms with Gasteiger partial charge in [0.2, 0.25) is 5.91 Å². The maximum atomic E-state index is 11.9. The minimum absolute atomic E-state index is 0.0111. The van der Waals surface area contributed by atoms with Gasteiger partial charge in [-0.1, -0.05) is 27.2 Å². The van der Waals surface area contributed by atoms with Crippen LogP contribution in [-0.2, 0) is 4.79 Å². The number of piperidine rings is 1. The third-order valence-electron chi connectivity index (χ3n) is 3.78. The van der Waals surface area contributed by atoms with Gasteiger partial charge in [0.1, 0.15) is 0 Å². The van der Waals surface area contributed by atoms with Crippen LogP contribution in [-0.4, -0.2) is 42.5 Å². The van der Waals surface area contributed by atoms with Gasteiger partial charge >= 0.3 is 0 Å². The summed E-state index contributed by atoms with van der Waals surface area (Å²) in [6, 6.07) is -0.0525. The van der Waals surface area contributed by atoms with E-state index in [0.717, 1.165) is 25.9 Å². The number of rotatable bonds is 6. The average Bonchev–Trinajstić information content (AvgIpc) is 2.36.